The van der Waals surface area contributed by atoms with Crippen molar-refractivity contribution in [2.45, 2.75) is 6.92 Å². The van der Waals surface area contributed by atoms with Gasteiger partial charge in [-0.15, -0.1) is 0 Å². The molecule has 0 aliphatic rings. The molecule has 0 fully saturated rings. The maximum Gasteiger partial charge on any atom is 0.282 e. The number of aromatic hydroxyl groups is 2. The summed E-state index contributed by atoms with van der Waals surface area (Å²) in [5.41, 5.74) is 0.425. The highest BCUT2D eigenvalue weighted by Crippen LogP contribution is 2.30. The van der Waals surface area contributed by atoms with Gasteiger partial charge < -0.3 is 19.7 Å². The van der Waals surface area contributed by atoms with Crippen molar-refractivity contribution in [3.8, 4) is 23.0 Å². The average Bonchev–Trinajstić information content (AvgIpc) is 2.62. The molecule has 0 bridgehead atoms. The van der Waals surface area contributed by atoms with E-state index in [-0.39, 0.29) is 17.1 Å². The van der Waals surface area contributed by atoms with Gasteiger partial charge >= 0.3 is 0 Å². The lowest BCUT2D eigenvalue weighted by Crippen LogP contribution is -2.20. The van der Waals surface area contributed by atoms with Crippen LogP contribution >= 0.6 is 0 Å². The molecule has 0 saturated heterocycles. The molecule has 0 unspecified atom stereocenters. The molecular formula is C18H17N3O5. The monoisotopic (exact) mass is 355 g/mol. The van der Waals surface area contributed by atoms with Crippen molar-refractivity contribution in [3.63, 3.8) is 0 Å². The first-order chi connectivity index (χ1) is 12.4. The van der Waals surface area contributed by atoms with Crippen LogP contribution in [0.4, 0.5) is 0 Å². The number of ether oxygens (including phenoxy) is 2. The fourth-order valence-corrected chi connectivity index (χ4v) is 2.51. The fourth-order valence-electron chi connectivity index (χ4n) is 2.51. The van der Waals surface area contributed by atoms with E-state index in [1.54, 1.807) is 19.1 Å². The zero-order valence-corrected chi connectivity index (χ0v) is 14.4. The number of hydrogen-bond donors (Lipinski definition) is 2. The predicted molar refractivity (Wildman–Crippen MR) is 96.6 cm³/mol. The van der Waals surface area contributed by atoms with Gasteiger partial charge in [-0.1, -0.05) is 0 Å². The van der Waals surface area contributed by atoms with E-state index in [0.29, 0.717) is 33.8 Å². The average molecular weight is 355 g/mol. The molecule has 0 atom stereocenters. The zero-order valence-electron chi connectivity index (χ0n) is 14.4. The van der Waals surface area contributed by atoms with Crippen LogP contribution in [-0.4, -0.2) is 40.3 Å². The van der Waals surface area contributed by atoms with Crippen molar-refractivity contribution in [1.82, 2.24) is 9.66 Å². The quantitative estimate of drug-likeness (QED) is 0.694. The van der Waals surface area contributed by atoms with E-state index >= 15 is 0 Å². The van der Waals surface area contributed by atoms with E-state index < -0.39 is 0 Å². The number of methoxy groups -OCH3 is 2. The molecule has 2 N–H and O–H groups in total. The molecule has 3 rings (SSSR count). The van der Waals surface area contributed by atoms with E-state index in [1.807, 2.05) is 0 Å². The molecule has 134 valence electrons. The third-order valence-electron chi connectivity index (χ3n) is 3.84. The normalized spacial score (nSPS) is 11.2. The number of rotatable bonds is 4. The van der Waals surface area contributed by atoms with Gasteiger partial charge in [0.1, 0.15) is 17.3 Å². The van der Waals surface area contributed by atoms with Gasteiger partial charge in [0.15, 0.2) is 11.5 Å². The van der Waals surface area contributed by atoms with Gasteiger partial charge in [0, 0.05) is 17.7 Å². The van der Waals surface area contributed by atoms with Crippen LogP contribution < -0.4 is 15.0 Å². The van der Waals surface area contributed by atoms with Gasteiger partial charge in [0.2, 0.25) is 0 Å². The summed E-state index contributed by atoms with van der Waals surface area (Å²) in [5.74, 6) is 1.03. The maximum absolute atomic E-state index is 12.8. The van der Waals surface area contributed by atoms with E-state index in [0.717, 1.165) is 4.68 Å². The summed E-state index contributed by atoms with van der Waals surface area (Å²) in [6, 6.07) is 7.26. The largest absolute Gasteiger partial charge is 0.508 e. The first-order valence-electron chi connectivity index (χ1n) is 7.66. The summed E-state index contributed by atoms with van der Waals surface area (Å²) < 4.78 is 11.6. The summed E-state index contributed by atoms with van der Waals surface area (Å²) in [5, 5.41) is 23.6. The van der Waals surface area contributed by atoms with Crippen molar-refractivity contribution in [1.29, 1.82) is 0 Å². The summed E-state index contributed by atoms with van der Waals surface area (Å²) >= 11 is 0. The van der Waals surface area contributed by atoms with Crippen LogP contribution in [0, 0.1) is 6.92 Å². The van der Waals surface area contributed by atoms with Gasteiger partial charge in [-0.05, 0) is 25.1 Å². The van der Waals surface area contributed by atoms with Crippen LogP contribution in [-0.2, 0) is 0 Å². The van der Waals surface area contributed by atoms with Gasteiger partial charge in [0.25, 0.3) is 5.56 Å². The number of aromatic nitrogens is 2. The minimum absolute atomic E-state index is 0.0681. The maximum atomic E-state index is 12.8. The molecule has 0 radical (unpaired) electrons. The lowest BCUT2D eigenvalue weighted by molar-refractivity contribution is 0.355. The Balaban J connectivity index is 2.14. The number of fused-ring (bicyclic) bond motifs is 1. The van der Waals surface area contributed by atoms with Gasteiger partial charge in [-0.3, -0.25) is 4.79 Å². The zero-order chi connectivity index (χ0) is 18.8. The summed E-state index contributed by atoms with van der Waals surface area (Å²) in [6.07, 6.45) is 1.32. The van der Waals surface area contributed by atoms with Crippen molar-refractivity contribution < 1.29 is 19.7 Å². The Morgan fingerprint density at radius 3 is 2.46 bits per heavy atom. The van der Waals surface area contributed by atoms with Crippen LogP contribution in [0.25, 0.3) is 10.9 Å². The standard InChI is InChI=1S/C18H17N3O5/c1-10-20-14-8-17(26-3)16(25-2)7-13(14)18(24)21(10)19-9-11-4-5-12(22)6-15(11)23/h4-9,22-23H,1-3H3/b19-9+. The molecule has 0 saturated carbocycles. The number of nitrogens with zero attached hydrogens (tertiary/aromatic N) is 3. The molecule has 26 heavy (non-hydrogen) atoms. The number of phenolic OH excluding ortho intramolecular Hbond substituents is 2. The second kappa shape index (κ2) is 6.75. The molecule has 1 heterocycles. The van der Waals surface area contributed by atoms with Crippen molar-refractivity contribution in [3.05, 3.63) is 52.1 Å². The van der Waals surface area contributed by atoms with E-state index in [1.165, 1.54) is 38.6 Å². The number of phenols is 2. The molecule has 0 spiro atoms. The molecular weight excluding hydrogens is 338 g/mol. The highest BCUT2D eigenvalue weighted by atomic mass is 16.5. The summed E-state index contributed by atoms with van der Waals surface area (Å²) in [4.78, 5) is 17.2. The topological polar surface area (TPSA) is 106 Å². The van der Waals surface area contributed by atoms with Gasteiger partial charge in [0.05, 0.1) is 31.3 Å². The SMILES string of the molecule is COc1cc2nc(C)n(/N=C/c3ccc(O)cc3O)c(=O)c2cc1OC. The second-order valence-corrected chi connectivity index (χ2v) is 5.49. The minimum Gasteiger partial charge on any atom is -0.508 e. The minimum atomic E-state index is -0.386. The highest BCUT2D eigenvalue weighted by molar-refractivity contribution is 5.84. The third kappa shape index (κ3) is 3.04. The molecule has 0 aliphatic heterocycles. The lowest BCUT2D eigenvalue weighted by Gasteiger charge is -2.10. The number of benzene rings is 2. The third-order valence-corrected chi connectivity index (χ3v) is 3.84. The summed E-state index contributed by atoms with van der Waals surface area (Å²) in [6.45, 7) is 1.64. The smallest absolute Gasteiger partial charge is 0.282 e. The Bertz CT molecular complexity index is 1070. The Morgan fingerprint density at radius 2 is 1.81 bits per heavy atom. The fraction of sp³-hybridized carbons (Fsp3) is 0.167. The van der Waals surface area contributed by atoms with Crippen LogP contribution in [0.15, 0.2) is 40.2 Å². The van der Waals surface area contributed by atoms with E-state index in [4.69, 9.17) is 9.47 Å². The Morgan fingerprint density at radius 1 is 1.12 bits per heavy atom. The molecule has 8 heteroatoms. The Labute approximate surface area is 148 Å². The highest BCUT2D eigenvalue weighted by Gasteiger charge is 2.13. The first-order valence-corrected chi connectivity index (χ1v) is 7.66. The van der Waals surface area contributed by atoms with Crippen LogP contribution in [0.1, 0.15) is 11.4 Å². The Kier molecular flexibility index (Phi) is 4.49. The molecule has 2 aromatic carbocycles. The van der Waals surface area contributed by atoms with Crippen LogP contribution in [0.5, 0.6) is 23.0 Å². The van der Waals surface area contributed by atoms with Crippen molar-refractivity contribution >= 4 is 17.1 Å². The van der Waals surface area contributed by atoms with Crippen LogP contribution in [0.2, 0.25) is 0 Å². The second-order valence-electron chi connectivity index (χ2n) is 5.49. The lowest BCUT2D eigenvalue weighted by atomic mass is 10.2. The molecule has 0 amide bonds. The first kappa shape index (κ1) is 17.3. The van der Waals surface area contributed by atoms with E-state index in [9.17, 15) is 15.0 Å². The van der Waals surface area contributed by atoms with Gasteiger partial charge in [-0.2, -0.15) is 9.78 Å². The van der Waals surface area contributed by atoms with Crippen LogP contribution in [0.3, 0.4) is 0 Å². The molecule has 0 aliphatic carbocycles. The molecule has 3 aromatic rings. The summed E-state index contributed by atoms with van der Waals surface area (Å²) in [7, 11) is 2.99. The van der Waals surface area contributed by atoms with Crippen molar-refractivity contribution in [2.75, 3.05) is 14.2 Å². The molecule has 1 aromatic heterocycles. The van der Waals surface area contributed by atoms with E-state index in [2.05, 4.69) is 10.1 Å². The number of aryl methyl sites for hydroxylation is 1. The predicted octanol–water partition coefficient (Wildman–Crippen LogP) is 2.02. The molecule has 8 nitrogen and oxygen atoms in total. The van der Waals surface area contributed by atoms with Gasteiger partial charge in [-0.25, -0.2) is 4.98 Å². The Hall–Kier alpha value is -3.55. The number of hydrogen-bond acceptors (Lipinski definition) is 7. The van der Waals surface area contributed by atoms with Crippen molar-refractivity contribution in [2.24, 2.45) is 5.10 Å².